The maximum atomic E-state index is 13.5. The highest BCUT2D eigenvalue weighted by molar-refractivity contribution is 5.80. The van der Waals surface area contributed by atoms with Crippen molar-refractivity contribution in [3.63, 3.8) is 0 Å². The molecule has 0 aliphatic carbocycles. The third-order valence-electron chi connectivity index (χ3n) is 5.34. The second-order valence-electron chi connectivity index (χ2n) is 7.23. The van der Waals surface area contributed by atoms with Gasteiger partial charge < -0.3 is 25.8 Å². The first kappa shape index (κ1) is 17.5. The van der Waals surface area contributed by atoms with Crippen LogP contribution in [0.3, 0.4) is 0 Å². The summed E-state index contributed by atoms with van der Waals surface area (Å²) in [6.07, 6.45) is -0.877. The van der Waals surface area contributed by atoms with Gasteiger partial charge in [-0.1, -0.05) is 0 Å². The Morgan fingerprint density at radius 1 is 1.36 bits per heavy atom. The Labute approximate surface area is 146 Å². The molecule has 0 aromatic rings. The summed E-state index contributed by atoms with van der Waals surface area (Å²) >= 11 is 0. The van der Waals surface area contributed by atoms with E-state index in [1.807, 2.05) is 0 Å². The molecule has 6 unspecified atom stereocenters. The number of carbonyl (C=O) groups excluding carboxylic acids is 1. The lowest BCUT2D eigenvalue weighted by Gasteiger charge is -2.38. The Morgan fingerprint density at radius 3 is 2.96 bits per heavy atom. The molecule has 4 heterocycles. The Kier molecular flexibility index (Phi) is 5.18. The third kappa shape index (κ3) is 3.65. The first-order valence-electron chi connectivity index (χ1n) is 9.02. The second kappa shape index (κ2) is 7.39. The maximum absolute atomic E-state index is 13.5. The Balaban J connectivity index is 1.38. The van der Waals surface area contributed by atoms with Gasteiger partial charge in [-0.25, -0.2) is 14.8 Å². The van der Waals surface area contributed by atoms with E-state index in [0.717, 1.165) is 13.0 Å². The molecule has 1 amide bonds. The van der Waals surface area contributed by atoms with Crippen LogP contribution < -0.4 is 27.1 Å². The van der Waals surface area contributed by atoms with Gasteiger partial charge in [-0.3, -0.25) is 10.1 Å². The summed E-state index contributed by atoms with van der Waals surface area (Å²) < 4.78 is 24.7. The number of hydrogen-bond acceptors (Lipinski definition) is 8. The fourth-order valence-corrected chi connectivity index (χ4v) is 3.94. The number of rotatable bonds is 4. The monoisotopic (exact) mass is 358 g/mol. The summed E-state index contributed by atoms with van der Waals surface area (Å²) in [6.45, 7) is 3.23. The topological polar surface area (TPSA) is 113 Å². The van der Waals surface area contributed by atoms with E-state index in [-0.39, 0.29) is 43.4 Å². The van der Waals surface area contributed by atoms with Crippen LogP contribution in [-0.4, -0.2) is 87.1 Å². The van der Waals surface area contributed by atoms with E-state index in [1.165, 1.54) is 0 Å². The van der Waals surface area contributed by atoms with E-state index in [9.17, 15) is 9.18 Å². The average molecular weight is 358 g/mol. The van der Waals surface area contributed by atoms with E-state index in [4.69, 9.17) is 15.2 Å². The van der Waals surface area contributed by atoms with Crippen molar-refractivity contribution in [1.29, 1.82) is 0 Å². The number of amides is 1. The lowest BCUT2D eigenvalue weighted by molar-refractivity contribution is -0.165. The predicted molar refractivity (Wildman–Crippen MR) is 86.9 cm³/mol. The number of halogens is 1. The molecule has 4 aliphatic heterocycles. The highest BCUT2D eigenvalue weighted by Crippen LogP contribution is 2.23. The van der Waals surface area contributed by atoms with Crippen molar-refractivity contribution in [3.05, 3.63) is 0 Å². The van der Waals surface area contributed by atoms with Crippen LogP contribution in [0, 0.1) is 5.92 Å². The number of nitrogens with one attached hydrogen (secondary N) is 4. The van der Waals surface area contributed by atoms with Gasteiger partial charge in [0.05, 0.1) is 43.6 Å². The van der Waals surface area contributed by atoms with Crippen LogP contribution >= 0.6 is 0 Å². The van der Waals surface area contributed by atoms with E-state index < -0.39 is 18.3 Å². The summed E-state index contributed by atoms with van der Waals surface area (Å²) in [7, 11) is 0. The van der Waals surface area contributed by atoms with Crippen molar-refractivity contribution >= 4 is 5.91 Å². The number of hydrazine groups is 1. The molecule has 6 N–H and O–H groups in total. The van der Waals surface area contributed by atoms with Gasteiger partial charge >= 0.3 is 0 Å². The van der Waals surface area contributed by atoms with E-state index in [1.54, 1.807) is 5.01 Å². The predicted octanol–water partition coefficient (Wildman–Crippen LogP) is -2.76. The van der Waals surface area contributed by atoms with Gasteiger partial charge in [0.1, 0.15) is 12.3 Å². The molecule has 0 saturated carbocycles. The molecule has 0 radical (unpaired) electrons. The van der Waals surface area contributed by atoms with Gasteiger partial charge in [-0.2, -0.15) is 0 Å². The number of carbonyl (C=O) groups is 1. The minimum absolute atomic E-state index is 0.0321. The summed E-state index contributed by atoms with van der Waals surface area (Å²) in [5.41, 5.74) is 9.10. The first-order valence-corrected chi connectivity index (χ1v) is 9.02. The van der Waals surface area contributed by atoms with Crippen LogP contribution in [0.4, 0.5) is 4.39 Å². The van der Waals surface area contributed by atoms with Crippen molar-refractivity contribution in [2.75, 3.05) is 39.4 Å². The standard InChI is InChI=1S/C15H27FN6O3/c16-8-3-19-14-12(13(17)21-22(14)5-8)15(23)20-10-4-18-2-1-11(10)25-9-6-24-7-9/h8-14,18-19,21H,1-7,17H2,(H,20,23). The molecule has 0 bridgehead atoms. The SMILES string of the molecule is NC1NN2CC(F)CNC2C1C(=O)NC1CNCCC1OC1COC1. The zero-order valence-electron chi connectivity index (χ0n) is 14.1. The molecule has 4 rings (SSSR count). The van der Waals surface area contributed by atoms with Gasteiger partial charge in [0.2, 0.25) is 5.91 Å². The number of alkyl halides is 1. The number of piperidine rings is 1. The molecule has 4 fully saturated rings. The van der Waals surface area contributed by atoms with Crippen molar-refractivity contribution in [3.8, 4) is 0 Å². The minimum atomic E-state index is -0.970. The highest BCUT2D eigenvalue weighted by atomic mass is 19.1. The van der Waals surface area contributed by atoms with Crippen LogP contribution in [0.15, 0.2) is 0 Å². The van der Waals surface area contributed by atoms with Gasteiger partial charge in [-0.05, 0) is 13.0 Å². The van der Waals surface area contributed by atoms with Gasteiger partial charge in [0.25, 0.3) is 0 Å². The molecule has 0 spiro atoms. The molecule has 9 nitrogen and oxygen atoms in total. The molecule has 4 saturated heterocycles. The van der Waals surface area contributed by atoms with Crippen molar-refractivity contribution in [2.24, 2.45) is 11.7 Å². The largest absolute Gasteiger partial charge is 0.376 e. The molecule has 4 aliphatic rings. The smallest absolute Gasteiger partial charge is 0.229 e. The zero-order valence-corrected chi connectivity index (χ0v) is 14.1. The molecule has 6 atom stereocenters. The van der Waals surface area contributed by atoms with Gasteiger partial charge in [0.15, 0.2) is 0 Å². The number of hydrogen-bond donors (Lipinski definition) is 5. The minimum Gasteiger partial charge on any atom is -0.376 e. The Bertz CT molecular complexity index is 496. The van der Waals surface area contributed by atoms with Crippen LogP contribution in [0.25, 0.3) is 0 Å². The number of nitrogens with two attached hydrogens (primary N) is 1. The Hall–Kier alpha value is -0.880. The van der Waals surface area contributed by atoms with Crippen molar-refractivity contribution in [2.45, 2.75) is 43.2 Å². The van der Waals surface area contributed by atoms with Crippen LogP contribution in [0.5, 0.6) is 0 Å². The molecule has 142 valence electrons. The number of fused-ring (bicyclic) bond motifs is 1. The van der Waals surface area contributed by atoms with Crippen LogP contribution in [-0.2, 0) is 14.3 Å². The lowest BCUT2D eigenvalue weighted by Crippen LogP contribution is -2.61. The normalized spacial score (nSPS) is 42.6. The molecule has 10 heteroatoms. The summed E-state index contributed by atoms with van der Waals surface area (Å²) in [6, 6.07) is -0.111. The zero-order chi connectivity index (χ0) is 17.4. The maximum Gasteiger partial charge on any atom is 0.229 e. The molecule has 25 heavy (non-hydrogen) atoms. The van der Waals surface area contributed by atoms with Gasteiger partial charge in [0, 0.05) is 19.6 Å². The van der Waals surface area contributed by atoms with E-state index in [0.29, 0.717) is 19.8 Å². The van der Waals surface area contributed by atoms with Crippen LogP contribution in [0.2, 0.25) is 0 Å². The Morgan fingerprint density at radius 2 is 2.20 bits per heavy atom. The molecular formula is C15H27FN6O3. The number of nitrogens with zero attached hydrogens (tertiary/aromatic N) is 1. The van der Waals surface area contributed by atoms with Gasteiger partial charge in [-0.15, -0.1) is 0 Å². The summed E-state index contributed by atoms with van der Waals surface area (Å²) in [5.74, 6) is -0.619. The second-order valence-corrected chi connectivity index (χ2v) is 7.23. The number of ether oxygens (including phenoxy) is 2. The fraction of sp³-hybridized carbons (Fsp3) is 0.933. The molecule has 0 aromatic heterocycles. The quantitative estimate of drug-likeness (QED) is 0.367. The van der Waals surface area contributed by atoms with Crippen molar-refractivity contribution < 1.29 is 18.7 Å². The average Bonchev–Trinajstić information content (AvgIpc) is 2.87. The van der Waals surface area contributed by atoms with E-state index >= 15 is 0 Å². The summed E-state index contributed by atoms with van der Waals surface area (Å²) in [5, 5.41) is 11.2. The van der Waals surface area contributed by atoms with E-state index in [2.05, 4.69) is 21.4 Å². The molecule has 0 aromatic carbocycles. The third-order valence-corrected chi connectivity index (χ3v) is 5.34. The fourth-order valence-electron chi connectivity index (χ4n) is 3.94. The highest BCUT2D eigenvalue weighted by Gasteiger charge is 2.47. The first-order chi connectivity index (χ1) is 12.1. The lowest BCUT2D eigenvalue weighted by atomic mass is 9.98. The van der Waals surface area contributed by atoms with Crippen LogP contribution in [0.1, 0.15) is 6.42 Å². The van der Waals surface area contributed by atoms with Crippen molar-refractivity contribution in [1.82, 2.24) is 26.4 Å². The summed E-state index contributed by atoms with van der Waals surface area (Å²) in [4.78, 5) is 12.9. The molecular weight excluding hydrogens is 331 g/mol.